The molecule has 3 aromatic rings. The standard InChI is InChI=1S/C19H20FN3O3/c20-14-2-4-15(5-3-14)23-9-7-22(8-10-23)12-17(24)13-1-6-16-18(11-13)26-19(25)21-16/h1-6,11,17,24H,7-10,12H2,(H,21,25)/t17-/m0/s1. The van der Waals surface area contributed by atoms with E-state index in [-0.39, 0.29) is 5.82 Å². The molecule has 0 bridgehead atoms. The third kappa shape index (κ3) is 3.49. The van der Waals surface area contributed by atoms with E-state index in [1.165, 1.54) is 12.1 Å². The Bertz CT molecular complexity index is 943. The number of piperazine rings is 1. The van der Waals surface area contributed by atoms with Crippen LogP contribution in [0.3, 0.4) is 0 Å². The lowest BCUT2D eigenvalue weighted by Gasteiger charge is -2.37. The monoisotopic (exact) mass is 357 g/mol. The van der Waals surface area contributed by atoms with Crippen molar-refractivity contribution in [3.8, 4) is 0 Å². The Morgan fingerprint density at radius 2 is 1.85 bits per heavy atom. The number of rotatable bonds is 4. The third-order valence-electron chi connectivity index (χ3n) is 4.83. The Kier molecular flexibility index (Phi) is 4.48. The number of aliphatic hydroxyl groups is 1. The maximum atomic E-state index is 13.0. The number of aromatic amines is 1. The summed E-state index contributed by atoms with van der Waals surface area (Å²) in [4.78, 5) is 18.2. The average molecular weight is 357 g/mol. The van der Waals surface area contributed by atoms with Crippen molar-refractivity contribution in [2.75, 3.05) is 37.6 Å². The van der Waals surface area contributed by atoms with E-state index in [0.717, 1.165) is 37.4 Å². The summed E-state index contributed by atoms with van der Waals surface area (Å²) in [6, 6.07) is 11.8. The second-order valence-corrected chi connectivity index (χ2v) is 6.55. The molecule has 2 aromatic carbocycles. The fourth-order valence-electron chi connectivity index (χ4n) is 3.36. The van der Waals surface area contributed by atoms with Gasteiger partial charge in [0.2, 0.25) is 0 Å². The van der Waals surface area contributed by atoms with Crippen LogP contribution in [0.25, 0.3) is 11.1 Å². The molecule has 6 nitrogen and oxygen atoms in total. The highest BCUT2D eigenvalue weighted by atomic mass is 19.1. The van der Waals surface area contributed by atoms with Crippen LogP contribution < -0.4 is 10.7 Å². The minimum absolute atomic E-state index is 0.231. The van der Waals surface area contributed by atoms with Crippen LogP contribution in [0.4, 0.5) is 10.1 Å². The summed E-state index contributed by atoms with van der Waals surface area (Å²) in [6.45, 7) is 3.79. The van der Waals surface area contributed by atoms with Gasteiger partial charge < -0.3 is 14.4 Å². The molecule has 1 saturated heterocycles. The Balaban J connectivity index is 1.37. The predicted molar refractivity (Wildman–Crippen MR) is 96.8 cm³/mol. The summed E-state index contributed by atoms with van der Waals surface area (Å²) < 4.78 is 18.1. The van der Waals surface area contributed by atoms with E-state index in [4.69, 9.17) is 4.42 Å². The molecule has 0 radical (unpaired) electrons. The number of benzene rings is 2. The van der Waals surface area contributed by atoms with Gasteiger partial charge in [-0.3, -0.25) is 9.88 Å². The van der Waals surface area contributed by atoms with E-state index in [1.54, 1.807) is 30.3 Å². The van der Waals surface area contributed by atoms with Crippen molar-refractivity contribution in [1.82, 2.24) is 9.88 Å². The van der Waals surface area contributed by atoms with Crippen LogP contribution in [0.5, 0.6) is 0 Å². The molecule has 0 unspecified atom stereocenters. The second-order valence-electron chi connectivity index (χ2n) is 6.55. The highest BCUT2D eigenvalue weighted by molar-refractivity contribution is 5.72. The van der Waals surface area contributed by atoms with Gasteiger partial charge in [0.1, 0.15) is 5.82 Å². The summed E-state index contributed by atoms with van der Waals surface area (Å²) in [5, 5.41) is 10.5. The molecule has 1 fully saturated rings. The highest BCUT2D eigenvalue weighted by Crippen LogP contribution is 2.21. The molecule has 1 aliphatic rings. The lowest BCUT2D eigenvalue weighted by atomic mass is 10.1. The number of hydrogen-bond donors (Lipinski definition) is 2. The fraction of sp³-hybridized carbons (Fsp3) is 0.316. The van der Waals surface area contributed by atoms with Crippen molar-refractivity contribution in [1.29, 1.82) is 0 Å². The van der Waals surface area contributed by atoms with Gasteiger partial charge >= 0.3 is 5.76 Å². The molecule has 0 spiro atoms. The minimum Gasteiger partial charge on any atom is -0.408 e. The summed E-state index contributed by atoms with van der Waals surface area (Å²) >= 11 is 0. The number of nitrogens with zero attached hydrogens (tertiary/aromatic N) is 2. The average Bonchev–Trinajstić information content (AvgIpc) is 3.02. The van der Waals surface area contributed by atoms with E-state index < -0.39 is 11.9 Å². The molecule has 0 amide bonds. The largest absolute Gasteiger partial charge is 0.417 e. The molecule has 2 N–H and O–H groups in total. The maximum absolute atomic E-state index is 13.0. The Labute approximate surface area is 149 Å². The number of oxazole rings is 1. The zero-order valence-electron chi connectivity index (χ0n) is 14.2. The van der Waals surface area contributed by atoms with E-state index >= 15 is 0 Å². The van der Waals surface area contributed by atoms with Gasteiger partial charge in [-0.1, -0.05) is 6.07 Å². The van der Waals surface area contributed by atoms with Gasteiger partial charge in [0.25, 0.3) is 0 Å². The van der Waals surface area contributed by atoms with Crippen molar-refractivity contribution in [3.05, 3.63) is 64.4 Å². The van der Waals surface area contributed by atoms with E-state index in [9.17, 15) is 14.3 Å². The lowest BCUT2D eigenvalue weighted by Crippen LogP contribution is -2.47. The molecule has 0 aliphatic carbocycles. The van der Waals surface area contributed by atoms with Crippen molar-refractivity contribution in [3.63, 3.8) is 0 Å². The normalized spacial score (nSPS) is 16.9. The Hall–Kier alpha value is -2.64. The summed E-state index contributed by atoms with van der Waals surface area (Å²) in [6.07, 6.45) is -0.656. The number of β-amino-alcohol motifs (C(OH)–C–C–N with tert-alkyl or cyclic N) is 1. The smallest absolute Gasteiger partial charge is 0.408 e. The van der Waals surface area contributed by atoms with Gasteiger partial charge in [-0.25, -0.2) is 9.18 Å². The highest BCUT2D eigenvalue weighted by Gasteiger charge is 2.20. The van der Waals surface area contributed by atoms with Crippen molar-refractivity contribution >= 4 is 16.8 Å². The van der Waals surface area contributed by atoms with Crippen LogP contribution in [-0.2, 0) is 0 Å². The summed E-state index contributed by atoms with van der Waals surface area (Å²) in [5.41, 5.74) is 2.81. The molecular weight excluding hydrogens is 337 g/mol. The molecule has 136 valence electrons. The Morgan fingerprint density at radius 1 is 1.12 bits per heavy atom. The SMILES string of the molecule is O=c1[nH]c2ccc([C@@H](O)CN3CCN(c4ccc(F)cc4)CC3)cc2o1. The first kappa shape index (κ1) is 16.8. The van der Waals surface area contributed by atoms with Crippen molar-refractivity contribution in [2.45, 2.75) is 6.10 Å². The van der Waals surface area contributed by atoms with Gasteiger partial charge in [-0.2, -0.15) is 0 Å². The first-order valence-corrected chi connectivity index (χ1v) is 8.62. The number of halogens is 1. The van der Waals surface area contributed by atoms with Crippen molar-refractivity contribution < 1.29 is 13.9 Å². The second kappa shape index (κ2) is 6.93. The molecule has 7 heteroatoms. The van der Waals surface area contributed by atoms with E-state index in [2.05, 4.69) is 14.8 Å². The number of fused-ring (bicyclic) bond motifs is 1. The first-order chi connectivity index (χ1) is 12.6. The number of nitrogens with one attached hydrogen (secondary N) is 1. The van der Waals surface area contributed by atoms with Crippen LogP contribution in [0, 0.1) is 5.82 Å². The predicted octanol–water partition coefficient (Wildman–Crippen LogP) is 2.12. The maximum Gasteiger partial charge on any atom is 0.417 e. The van der Waals surface area contributed by atoms with Gasteiger partial charge in [-0.05, 0) is 42.0 Å². The van der Waals surface area contributed by atoms with Crippen molar-refractivity contribution in [2.24, 2.45) is 0 Å². The van der Waals surface area contributed by atoms with E-state index in [0.29, 0.717) is 17.6 Å². The van der Waals surface area contributed by atoms with Gasteiger partial charge in [0.05, 0.1) is 11.6 Å². The Morgan fingerprint density at radius 3 is 2.58 bits per heavy atom. The molecule has 2 heterocycles. The van der Waals surface area contributed by atoms with Crippen LogP contribution in [0.2, 0.25) is 0 Å². The van der Waals surface area contributed by atoms with Gasteiger partial charge in [-0.15, -0.1) is 0 Å². The zero-order chi connectivity index (χ0) is 18.1. The molecule has 26 heavy (non-hydrogen) atoms. The number of H-pyrrole nitrogens is 1. The summed E-state index contributed by atoms with van der Waals surface area (Å²) in [7, 11) is 0. The van der Waals surface area contributed by atoms with Crippen LogP contribution in [0.1, 0.15) is 11.7 Å². The molecule has 4 rings (SSSR count). The number of anilines is 1. The quantitative estimate of drug-likeness (QED) is 0.748. The fourth-order valence-corrected chi connectivity index (χ4v) is 3.36. The minimum atomic E-state index is -0.656. The van der Waals surface area contributed by atoms with Crippen LogP contribution in [-0.4, -0.2) is 47.7 Å². The van der Waals surface area contributed by atoms with E-state index in [1.807, 2.05) is 0 Å². The number of aromatic nitrogens is 1. The lowest BCUT2D eigenvalue weighted by molar-refractivity contribution is 0.109. The number of aliphatic hydroxyl groups excluding tert-OH is 1. The zero-order valence-corrected chi connectivity index (χ0v) is 14.2. The topological polar surface area (TPSA) is 72.7 Å². The van der Waals surface area contributed by atoms with Crippen LogP contribution in [0.15, 0.2) is 51.7 Å². The third-order valence-corrected chi connectivity index (χ3v) is 4.83. The molecule has 1 aromatic heterocycles. The van der Waals surface area contributed by atoms with Crippen LogP contribution >= 0.6 is 0 Å². The molecule has 1 aliphatic heterocycles. The first-order valence-electron chi connectivity index (χ1n) is 8.62. The molecular formula is C19H20FN3O3. The van der Waals surface area contributed by atoms with Gasteiger partial charge in [0, 0.05) is 38.4 Å². The van der Waals surface area contributed by atoms with Gasteiger partial charge in [0.15, 0.2) is 5.58 Å². The summed E-state index contributed by atoms with van der Waals surface area (Å²) in [5.74, 6) is -0.728. The molecule has 0 saturated carbocycles. The number of hydrogen-bond acceptors (Lipinski definition) is 5. The molecule has 1 atom stereocenters.